The van der Waals surface area contributed by atoms with Gasteiger partial charge in [-0.3, -0.25) is 10.2 Å². The van der Waals surface area contributed by atoms with Crippen LogP contribution in [0.4, 0.5) is 0 Å². The first-order valence-electron chi connectivity index (χ1n) is 10.8. The van der Waals surface area contributed by atoms with Crippen molar-refractivity contribution in [2.24, 2.45) is 10.1 Å². The van der Waals surface area contributed by atoms with Gasteiger partial charge in [-0.25, -0.2) is 0 Å². The third-order valence-corrected chi connectivity index (χ3v) is 6.50. The number of nitrogens with one attached hydrogen (secondary N) is 1. The van der Waals surface area contributed by atoms with E-state index in [-0.39, 0.29) is 11.4 Å². The Morgan fingerprint density at radius 2 is 1.91 bits per heavy atom. The van der Waals surface area contributed by atoms with Crippen LogP contribution in [0.25, 0.3) is 6.08 Å². The number of para-hydroxylation sites is 1. The topological polar surface area (TPSA) is 86.3 Å². The molecule has 8 nitrogen and oxygen atoms in total. The first-order chi connectivity index (χ1) is 15.7. The van der Waals surface area contributed by atoms with E-state index >= 15 is 0 Å². The Morgan fingerprint density at radius 1 is 1.09 bits per heavy atom. The molecule has 1 aromatic carbocycles. The number of rotatable bonds is 6. The number of amides is 1. The van der Waals surface area contributed by atoms with Crippen LogP contribution in [0, 0.1) is 5.41 Å². The standard InChI is InChI=1S/C23H24N6O2S/c24-20-19(21(30)25-22-29(20)26-23(32-22)28-11-4-5-12-28)16-17-8-6-13-27(17)14-7-15-31-18-9-2-1-3-10-18/h1-3,6,8-10,13,16,24H,4-5,7,11-12,14-15H2/b19-16+,24-20?. The summed E-state index contributed by atoms with van der Waals surface area (Å²) in [5.74, 6) is 0.531. The minimum atomic E-state index is -0.396. The average molecular weight is 449 g/mol. The third kappa shape index (κ3) is 4.20. The molecular formula is C23H24N6O2S. The average Bonchev–Trinajstić information content (AvgIpc) is 3.56. The maximum Gasteiger partial charge on any atom is 0.283 e. The van der Waals surface area contributed by atoms with E-state index in [2.05, 4.69) is 19.6 Å². The van der Waals surface area contributed by atoms with Crippen molar-refractivity contribution in [2.75, 3.05) is 19.7 Å². The Kier molecular flexibility index (Phi) is 5.81. The van der Waals surface area contributed by atoms with Gasteiger partial charge >= 0.3 is 0 Å². The van der Waals surface area contributed by atoms with Crippen molar-refractivity contribution < 1.29 is 9.53 Å². The molecule has 1 fully saturated rings. The Morgan fingerprint density at radius 3 is 2.72 bits per heavy atom. The lowest BCUT2D eigenvalue weighted by Crippen LogP contribution is -2.35. The molecular weight excluding hydrogens is 424 g/mol. The molecule has 1 saturated heterocycles. The second kappa shape index (κ2) is 9.04. The first-order valence-corrected chi connectivity index (χ1v) is 11.6. The number of carbonyl (C=O) groups is 1. The molecule has 4 heterocycles. The number of hydrazone groups is 1. The van der Waals surface area contributed by atoms with E-state index in [0.717, 1.165) is 55.5 Å². The van der Waals surface area contributed by atoms with Gasteiger partial charge in [0.1, 0.15) is 5.75 Å². The highest BCUT2D eigenvalue weighted by molar-refractivity contribution is 8.26. The molecule has 0 bridgehead atoms. The lowest BCUT2D eigenvalue weighted by Gasteiger charge is -2.20. The number of aliphatic imine (C=N–C) groups is 1. The number of ether oxygens (including phenoxy) is 1. The molecule has 1 N–H and O–H groups in total. The van der Waals surface area contributed by atoms with Gasteiger partial charge in [0, 0.05) is 31.5 Å². The summed E-state index contributed by atoms with van der Waals surface area (Å²) in [5.41, 5.74) is 1.10. The van der Waals surface area contributed by atoms with E-state index < -0.39 is 5.91 Å². The number of aromatic nitrogens is 1. The van der Waals surface area contributed by atoms with Crippen molar-refractivity contribution in [1.82, 2.24) is 14.5 Å². The molecule has 164 valence electrons. The number of benzene rings is 1. The summed E-state index contributed by atoms with van der Waals surface area (Å²) in [6, 6.07) is 13.6. The molecule has 3 aliphatic rings. The first kappa shape index (κ1) is 20.6. The van der Waals surface area contributed by atoms with Crippen molar-refractivity contribution in [2.45, 2.75) is 25.8 Å². The van der Waals surface area contributed by atoms with Crippen LogP contribution in [0.1, 0.15) is 25.0 Å². The normalized spacial score (nSPS) is 19.4. The van der Waals surface area contributed by atoms with Crippen LogP contribution in [-0.2, 0) is 11.3 Å². The largest absolute Gasteiger partial charge is 0.494 e. The maximum absolute atomic E-state index is 12.7. The van der Waals surface area contributed by atoms with Crippen molar-refractivity contribution >= 4 is 39.9 Å². The fourth-order valence-electron chi connectivity index (χ4n) is 3.87. The zero-order valence-corrected chi connectivity index (χ0v) is 18.4. The minimum Gasteiger partial charge on any atom is -0.494 e. The highest BCUT2D eigenvalue weighted by atomic mass is 32.2. The zero-order valence-electron chi connectivity index (χ0n) is 17.6. The summed E-state index contributed by atoms with van der Waals surface area (Å²) in [6.07, 6.45) is 6.80. The SMILES string of the molecule is N=C1/C(=C\c2cccn2CCCOc2ccccc2)C(=O)N=C2SC(N3CCCC3)=NN12. The van der Waals surface area contributed by atoms with Gasteiger partial charge in [-0.1, -0.05) is 18.2 Å². The lowest BCUT2D eigenvalue weighted by molar-refractivity contribution is -0.114. The highest BCUT2D eigenvalue weighted by Gasteiger charge is 2.37. The number of likely N-dealkylation sites (tertiary alicyclic amines) is 1. The smallest absolute Gasteiger partial charge is 0.283 e. The molecule has 1 aromatic heterocycles. The number of fused-ring (bicyclic) bond motifs is 1. The van der Waals surface area contributed by atoms with Gasteiger partial charge in [-0.05, 0) is 61.4 Å². The van der Waals surface area contributed by atoms with Gasteiger partial charge in [0.25, 0.3) is 5.91 Å². The van der Waals surface area contributed by atoms with Crippen LogP contribution < -0.4 is 4.74 Å². The molecule has 0 atom stereocenters. The minimum absolute atomic E-state index is 0.0712. The van der Waals surface area contributed by atoms with E-state index in [9.17, 15) is 4.79 Å². The molecule has 1 amide bonds. The number of hydrogen-bond acceptors (Lipinski definition) is 6. The highest BCUT2D eigenvalue weighted by Crippen LogP contribution is 2.30. The van der Waals surface area contributed by atoms with Crippen LogP contribution in [0.5, 0.6) is 5.75 Å². The summed E-state index contributed by atoms with van der Waals surface area (Å²) >= 11 is 1.37. The van der Waals surface area contributed by atoms with E-state index in [1.165, 1.54) is 16.8 Å². The van der Waals surface area contributed by atoms with Gasteiger partial charge in [0.2, 0.25) is 5.17 Å². The van der Waals surface area contributed by atoms with E-state index in [1.54, 1.807) is 6.08 Å². The summed E-state index contributed by atoms with van der Waals surface area (Å²) in [6.45, 7) is 3.25. The Bertz CT molecular complexity index is 1110. The molecule has 9 heteroatoms. The summed E-state index contributed by atoms with van der Waals surface area (Å²) < 4.78 is 7.82. The summed E-state index contributed by atoms with van der Waals surface area (Å²) in [7, 11) is 0. The summed E-state index contributed by atoms with van der Waals surface area (Å²) in [5, 5.41) is 15.9. The van der Waals surface area contributed by atoms with Gasteiger partial charge in [-0.2, -0.15) is 10.0 Å². The molecule has 3 aliphatic heterocycles. The number of nitrogens with zero attached hydrogens (tertiary/aromatic N) is 5. The van der Waals surface area contributed by atoms with Crippen molar-refractivity contribution in [3.8, 4) is 5.75 Å². The van der Waals surface area contributed by atoms with Gasteiger partial charge < -0.3 is 14.2 Å². The maximum atomic E-state index is 12.7. The van der Waals surface area contributed by atoms with Crippen molar-refractivity contribution in [3.05, 3.63) is 59.9 Å². The fourth-order valence-corrected chi connectivity index (χ4v) is 4.81. The van der Waals surface area contributed by atoms with Gasteiger partial charge in [-0.15, -0.1) is 5.10 Å². The second-order valence-electron chi connectivity index (χ2n) is 7.74. The van der Waals surface area contributed by atoms with Crippen LogP contribution in [0.15, 0.2) is 64.3 Å². The van der Waals surface area contributed by atoms with Crippen molar-refractivity contribution in [3.63, 3.8) is 0 Å². The second-order valence-corrected chi connectivity index (χ2v) is 8.67. The molecule has 2 aromatic rings. The van der Waals surface area contributed by atoms with E-state index in [4.69, 9.17) is 10.1 Å². The number of hydrogen-bond donors (Lipinski definition) is 1. The van der Waals surface area contributed by atoms with Crippen LogP contribution in [0.3, 0.4) is 0 Å². The quantitative estimate of drug-likeness (QED) is 0.539. The summed E-state index contributed by atoms with van der Waals surface area (Å²) in [4.78, 5) is 19.1. The lowest BCUT2D eigenvalue weighted by atomic mass is 10.1. The predicted molar refractivity (Wildman–Crippen MR) is 127 cm³/mol. The van der Waals surface area contributed by atoms with Crippen LogP contribution >= 0.6 is 11.8 Å². The molecule has 32 heavy (non-hydrogen) atoms. The molecule has 0 radical (unpaired) electrons. The molecule has 0 unspecified atom stereocenters. The number of aryl methyl sites for hydroxylation is 1. The van der Waals surface area contributed by atoms with Crippen molar-refractivity contribution in [1.29, 1.82) is 5.41 Å². The Labute approximate surface area is 190 Å². The predicted octanol–water partition coefficient (Wildman–Crippen LogP) is 3.63. The monoisotopic (exact) mass is 448 g/mol. The number of thioether (sulfide) groups is 1. The number of carbonyl (C=O) groups excluding carboxylic acids is 1. The van der Waals surface area contributed by atoms with Crippen LogP contribution in [0.2, 0.25) is 0 Å². The zero-order chi connectivity index (χ0) is 21.9. The van der Waals surface area contributed by atoms with Gasteiger partial charge in [0.05, 0.1) is 12.2 Å². The van der Waals surface area contributed by atoms with Gasteiger partial charge in [0.15, 0.2) is 11.0 Å². The van der Waals surface area contributed by atoms with E-state index in [1.807, 2.05) is 48.7 Å². The fraction of sp³-hybridized carbons (Fsp3) is 0.304. The molecule has 5 rings (SSSR count). The molecule has 0 spiro atoms. The Hall–Kier alpha value is -3.33. The number of amidine groups is 3. The third-order valence-electron chi connectivity index (χ3n) is 5.53. The molecule has 0 saturated carbocycles. The molecule has 0 aliphatic carbocycles. The van der Waals surface area contributed by atoms with E-state index in [0.29, 0.717) is 11.8 Å². The van der Waals surface area contributed by atoms with Crippen LogP contribution in [-0.4, -0.2) is 56.3 Å². The Balaban J connectivity index is 1.27.